The van der Waals surface area contributed by atoms with Gasteiger partial charge in [-0.15, -0.1) is 0 Å². The molecule has 0 saturated carbocycles. The lowest BCUT2D eigenvalue weighted by atomic mass is 10.0. The van der Waals surface area contributed by atoms with E-state index < -0.39 is 10.8 Å². The van der Waals surface area contributed by atoms with Crippen LogP contribution < -0.4 is 5.32 Å². The molecule has 0 bridgehead atoms. The molecule has 0 aliphatic carbocycles. The Hall–Kier alpha value is -0.520. The highest BCUT2D eigenvalue weighted by Crippen LogP contribution is 2.16. The fraction of sp³-hybridized carbons (Fsp3) is 0.636. The molecular weight excluding hydrogens is 258 g/mol. The van der Waals surface area contributed by atoms with E-state index in [-0.39, 0.29) is 0 Å². The molecule has 2 rings (SSSR count). The minimum absolute atomic E-state index is 0.353. The first-order valence-corrected chi connectivity index (χ1v) is 7.44. The predicted octanol–water partition coefficient (Wildman–Crippen LogP) is 1.55. The molecule has 1 saturated heterocycles. The largest absolute Gasteiger partial charge is 0.316 e. The minimum Gasteiger partial charge on any atom is -0.316 e. The minimum atomic E-state index is -1.15. The Bertz CT molecular complexity index is 421. The second-order valence-electron chi connectivity index (χ2n) is 4.35. The van der Waals surface area contributed by atoms with Gasteiger partial charge in [0.05, 0.1) is 10.8 Å². The number of nitrogens with zero attached hydrogens (tertiary/aromatic N) is 2. The third-order valence-corrected chi connectivity index (χ3v) is 4.64. The number of rotatable bonds is 3. The summed E-state index contributed by atoms with van der Waals surface area (Å²) in [5, 5.41) is 4.06. The van der Waals surface area contributed by atoms with Crippen molar-refractivity contribution in [2.45, 2.75) is 24.9 Å². The third-order valence-electron chi connectivity index (χ3n) is 2.88. The van der Waals surface area contributed by atoms with Crippen LogP contribution >= 0.6 is 11.6 Å². The average Bonchev–Trinajstić information content (AvgIpc) is 2.34. The molecule has 1 aromatic rings. The first-order valence-electron chi connectivity index (χ1n) is 5.75. The van der Waals surface area contributed by atoms with Crippen molar-refractivity contribution in [2.75, 3.05) is 18.8 Å². The Kier molecular flexibility index (Phi) is 4.48. The first-order chi connectivity index (χ1) is 8.16. The molecule has 4 nitrogen and oxygen atoms in total. The van der Waals surface area contributed by atoms with Gasteiger partial charge in [-0.05, 0) is 38.8 Å². The first kappa shape index (κ1) is 12.9. The van der Waals surface area contributed by atoms with Crippen LogP contribution in [0.5, 0.6) is 0 Å². The zero-order valence-corrected chi connectivity index (χ0v) is 11.4. The van der Waals surface area contributed by atoms with Crippen molar-refractivity contribution >= 4 is 22.4 Å². The topological polar surface area (TPSA) is 54.9 Å². The maximum absolute atomic E-state index is 12.1. The van der Waals surface area contributed by atoms with Gasteiger partial charge in [-0.2, -0.15) is 0 Å². The van der Waals surface area contributed by atoms with Gasteiger partial charge in [-0.25, -0.2) is 9.97 Å². The summed E-state index contributed by atoms with van der Waals surface area (Å²) < 4.78 is 12.1. The Labute approximate surface area is 109 Å². The van der Waals surface area contributed by atoms with E-state index in [1.807, 2.05) is 6.92 Å². The van der Waals surface area contributed by atoms with Crippen molar-refractivity contribution in [2.24, 2.45) is 5.92 Å². The molecule has 0 aromatic carbocycles. The van der Waals surface area contributed by atoms with Crippen LogP contribution in [0.1, 0.15) is 18.4 Å². The third kappa shape index (κ3) is 3.47. The Morgan fingerprint density at radius 1 is 1.65 bits per heavy atom. The van der Waals surface area contributed by atoms with Crippen LogP contribution in [0.15, 0.2) is 11.4 Å². The van der Waals surface area contributed by atoms with Crippen molar-refractivity contribution in [1.29, 1.82) is 0 Å². The number of halogens is 1. The molecule has 1 aliphatic heterocycles. The van der Waals surface area contributed by atoms with Crippen molar-refractivity contribution < 1.29 is 4.21 Å². The number of aryl methyl sites for hydroxylation is 1. The monoisotopic (exact) mass is 273 g/mol. The van der Waals surface area contributed by atoms with E-state index in [0.717, 1.165) is 31.5 Å². The summed E-state index contributed by atoms with van der Waals surface area (Å²) in [7, 11) is -1.15. The highest BCUT2D eigenvalue weighted by atomic mass is 35.5. The summed E-state index contributed by atoms with van der Waals surface area (Å²) in [5.41, 5.74) is 0.812. The highest BCUT2D eigenvalue weighted by Gasteiger charge is 2.18. The Morgan fingerprint density at radius 3 is 3.12 bits per heavy atom. The number of hydrogen-bond acceptors (Lipinski definition) is 4. The van der Waals surface area contributed by atoms with E-state index in [2.05, 4.69) is 15.3 Å². The van der Waals surface area contributed by atoms with Gasteiger partial charge in [0.1, 0.15) is 5.15 Å². The fourth-order valence-electron chi connectivity index (χ4n) is 1.87. The lowest BCUT2D eigenvalue weighted by Crippen LogP contribution is -2.32. The molecule has 94 valence electrons. The molecule has 2 heterocycles. The molecule has 1 aromatic heterocycles. The molecule has 0 unspecified atom stereocenters. The standard InChI is InChI=1S/C11H16ClN3OS/c1-8-5-14-11(15-10(8)12)17(16)7-9-3-2-4-13-6-9/h5,9,13H,2-4,6-7H2,1H3/t9-,17+/m1/s1. The van der Waals surface area contributed by atoms with Crippen LogP contribution in [0.2, 0.25) is 5.15 Å². The number of hydrogen-bond donors (Lipinski definition) is 1. The molecule has 0 amide bonds. The normalized spacial score (nSPS) is 22.4. The van der Waals surface area contributed by atoms with Gasteiger partial charge in [0.2, 0.25) is 5.16 Å². The maximum atomic E-state index is 12.1. The van der Waals surface area contributed by atoms with Gasteiger partial charge >= 0.3 is 0 Å². The van der Waals surface area contributed by atoms with Crippen molar-refractivity contribution in [3.63, 3.8) is 0 Å². The number of piperidine rings is 1. The summed E-state index contributed by atoms with van der Waals surface area (Å²) in [6, 6.07) is 0. The summed E-state index contributed by atoms with van der Waals surface area (Å²) in [5.74, 6) is 1.07. The van der Waals surface area contributed by atoms with E-state index in [0.29, 0.717) is 22.0 Å². The number of aromatic nitrogens is 2. The van der Waals surface area contributed by atoms with Crippen LogP contribution in [0.3, 0.4) is 0 Å². The second kappa shape index (κ2) is 5.89. The van der Waals surface area contributed by atoms with E-state index in [1.54, 1.807) is 6.20 Å². The lowest BCUT2D eigenvalue weighted by Gasteiger charge is -2.21. The molecule has 0 spiro atoms. The summed E-state index contributed by atoms with van der Waals surface area (Å²) in [6.45, 7) is 3.83. The molecule has 6 heteroatoms. The SMILES string of the molecule is Cc1cnc([S@@](=O)C[C@@H]2CCCNC2)nc1Cl. The molecule has 1 aliphatic rings. The van der Waals surface area contributed by atoms with Gasteiger partial charge in [-0.1, -0.05) is 11.6 Å². The molecule has 1 fully saturated rings. The van der Waals surface area contributed by atoms with Gasteiger partial charge in [-0.3, -0.25) is 4.21 Å². The van der Waals surface area contributed by atoms with Gasteiger partial charge < -0.3 is 5.32 Å². The Morgan fingerprint density at radius 2 is 2.47 bits per heavy atom. The van der Waals surface area contributed by atoms with Gasteiger partial charge in [0, 0.05) is 17.5 Å². The fourth-order valence-corrected chi connectivity index (χ4v) is 3.27. The maximum Gasteiger partial charge on any atom is 0.219 e. The lowest BCUT2D eigenvalue weighted by molar-refractivity contribution is 0.407. The van der Waals surface area contributed by atoms with Gasteiger partial charge in [0.25, 0.3) is 0 Å². The predicted molar refractivity (Wildman–Crippen MR) is 68.6 cm³/mol. The summed E-state index contributed by atoms with van der Waals surface area (Å²) in [4.78, 5) is 8.16. The van der Waals surface area contributed by atoms with Crippen molar-refractivity contribution in [3.05, 3.63) is 16.9 Å². The molecular formula is C11H16ClN3OS. The Balaban J connectivity index is 2.01. The molecule has 2 atom stereocenters. The van der Waals surface area contributed by atoms with Crippen LogP contribution in [-0.2, 0) is 10.8 Å². The molecule has 17 heavy (non-hydrogen) atoms. The average molecular weight is 274 g/mol. The van der Waals surface area contributed by atoms with E-state index in [4.69, 9.17) is 11.6 Å². The number of nitrogens with one attached hydrogen (secondary N) is 1. The van der Waals surface area contributed by atoms with Crippen LogP contribution in [-0.4, -0.2) is 33.0 Å². The van der Waals surface area contributed by atoms with Crippen LogP contribution in [0.25, 0.3) is 0 Å². The van der Waals surface area contributed by atoms with Crippen LogP contribution in [0, 0.1) is 12.8 Å². The summed E-state index contributed by atoms with van der Waals surface area (Å²) in [6.07, 6.45) is 3.90. The van der Waals surface area contributed by atoms with Crippen molar-refractivity contribution in [3.8, 4) is 0 Å². The summed E-state index contributed by atoms with van der Waals surface area (Å²) >= 11 is 5.90. The zero-order valence-electron chi connectivity index (χ0n) is 9.78. The quantitative estimate of drug-likeness (QED) is 0.671. The van der Waals surface area contributed by atoms with E-state index >= 15 is 0 Å². The highest BCUT2D eigenvalue weighted by molar-refractivity contribution is 7.84. The molecule has 1 N–H and O–H groups in total. The van der Waals surface area contributed by atoms with E-state index in [9.17, 15) is 4.21 Å². The smallest absolute Gasteiger partial charge is 0.219 e. The van der Waals surface area contributed by atoms with Gasteiger partial charge in [0.15, 0.2) is 0 Å². The zero-order chi connectivity index (χ0) is 12.3. The molecule has 0 radical (unpaired) electrons. The van der Waals surface area contributed by atoms with Crippen molar-refractivity contribution in [1.82, 2.24) is 15.3 Å². The second-order valence-corrected chi connectivity index (χ2v) is 6.10. The van der Waals surface area contributed by atoms with E-state index in [1.165, 1.54) is 0 Å². The van der Waals surface area contributed by atoms with Crippen LogP contribution in [0.4, 0.5) is 0 Å².